The Labute approximate surface area is 114 Å². The number of carbonyl (C=O) groups is 1. The topological polar surface area (TPSA) is 41.1 Å². The number of alkyl halides is 3. The minimum atomic E-state index is -4.56. The third-order valence-corrected chi connectivity index (χ3v) is 2.68. The summed E-state index contributed by atoms with van der Waals surface area (Å²) >= 11 is 5.71. The average molecular weight is 295 g/mol. The molecule has 0 aromatic heterocycles. The third kappa shape index (κ3) is 4.72. The molecule has 7 heteroatoms. The second-order valence-electron chi connectivity index (χ2n) is 3.81. The van der Waals surface area contributed by atoms with Crippen LogP contribution >= 0.6 is 11.6 Å². The molecule has 2 N–H and O–H groups in total. The molecule has 106 valence electrons. The van der Waals surface area contributed by atoms with Crippen LogP contribution in [0.25, 0.3) is 0 Å². The lowest BCUT2D eigenvalue weighted by Crippen LogP contribution is -2.22. The average Bonchev–Trinajstić information content (AvgIpc) is 2.30. The predicted molar refractivity (Wildman–Crippen MR) is 68.2 cm³/mol. The van der Waals surface area contributed by atoms with Crippen molar-refractivity contribution in [1.82, 2.24) is 5.32 Å². The van der Waals surface area contributed by atoms with Crippen LogP contribution in [0.3, 0.4) is 0 Å². The molecule has 0 aliphatic carbocycles. The Morgan fingerprint density at radius 3 is 2.63 bits per heavy atom. The normalized spacial score (nSPS) is 11.4. The summed E-state index contributed by atoms with van der Waals surface area (Å²) in [5.74, 6) is -0.514. The van der Waals surface area contributed by atoms with Gasteiger partial charge in [-0.25, -0.2) is 0 Å². The first kappa shape index (κ1) is 15.8. The van der Waals surface area contributed by atoms with Crippen molar-refractivity contribution in [2.24, 2.45) is 0 Å². The molecule has 0 aliphatic heterocycles. The maximum atomic E-state index is 12.8. The first-order chi connectivity index (χ1) is 8.86. The van der Waals surface area contributed by atoms with Crippen LogP contribution < -0.4 is 10.6 Å². The number of anilines is 1. The van der Waals surface area contributed by atoms with Gasteiger partial charge < -0.3 is 10.6 Å². The van der Waals surface area contributed by atoms with Gasteiger partial charge in [-0.15, -0.1) is 0 Å². The first-order valence-electron chi connectivity index (χ1n) is 5.72. The van der Waals surface area contributed by atoms with E-state index in [1.807, 2.05) is 6.92 Å². The van der Waals surface area contributed by atoms with Crippen LogP contribution in [0.2, 0.25) is 5.02 Å². The van der Waals surface area contributed by atoms with Gasteiger partial charge in [-0.3, -0.25) is 4.79 Å². The summed E-state index contributed by atoms with van der Waals surface area (Å²) < 4.78 is 38.3. The molecule has 1 aromatic rings. The zero-order valence-corrected chi connectivity index (χ0v) is 11.0. The molecular weight excluding hydrogens is 281 g/mol. The highest BCUT2D eigenvalue weighted by Crippen LogP contribution is 2.38. The molecule has 0 spiro atoms. The second kappa shape index (κ2) is 6.77. The Morgan fingerprint density at radius 1 is 1.37 bits per heavy atom. The largest absolute Gasteiger partial charge is 0.418 e. The van der Waals surface area contributed by atoms with E-state index in [1.54, 1.807) is 0 Å². The van der Waals surface area contributed by atoms with E-state index >= 15 is 0 Å². The minimum absolute atomic E-state index is 0.0797. The number of para-hydroxylation sites is 1. The standard InChI is InChI=1S/C12H14ClF3N2O/c1-2-17-7-6-10(19)18-11-8(12(14,15)16)4-3-5-9(11)13/h3-5,17H,2,6-7H2,1H3,(H,18,19). The zero-order chi connectivity index (χ0) is 14.5. The number of amides is 1. The van der Waals surface area contributed by atoms with Crippen LogP contribution in [0.1, 0.15) is 18.9 Å². The summed E-state index contributed by atoms with van der Waals surface area (Å²) in [6.45, 7) is 2.95. The number of nitrogens with one attached hydrogen (secondary N) is 2. The van der Waals surface area contributed by atoms with Crippen LogP contribution in [-0.2, 0) is 11.0 Å². The number of carbonyl (C=O) groups excluding carboxylic acids is 1. The number of rotatable bonds is 5. The minimum Gasteiger partial charge on any atom is -0.324 e. The Bertz CT molecular complexity index is 449. The quantitative estimate of drug-likeness (QED) is 0.818. The molecule has 0 saturated heterocycles. The van der Waals surface area contributed by atoms with Gasteiger partial charge >= 0.3 is 6.18 Å². The van der Waals surface area contributed by atoms with E-state index in [0.29, 0.717) is 13.1 Å². The zero-order valence-electron chi connectivity index (χ0n) is 10.3. The fourth-order valence-corrected chi connectivity index (χ4v) is 1.69. The van der Waals surface area contributed by atoms with Crippen LogP contribution in [0.5, 0.6) is 0 Å². The van der Waals surface area contributed by atoms with Gasteiger partial charge in [0.25, 0.3) is 0 Å². The monoisotopic (exact) mass is 294 g/mol. The van der Waals surface area contributed by atoms with E-state index in [4.69, 9.17) is 11.6 Å². The van der Waals surface area contributed by atoms with E-state index in [0.717, 1.165) is 6.07 Å². The van der Waals surface area contributed by atoms with E-state index in [1.165, 1.54) is 12.1 Å². The van der Waals surface area contributed by atoms with Crippen LogP contribution in [0.15, 0.2) is 18.2 Å². The Hall–Kier alpha value is -1.27. The number of benzene rings is 1. The van der Waals surface area contributed by atoms with Crippen molar-refractivity contribution in [3.63, 3.8) is 0 Å². The third-order valence-electron chi connectivity index (χ3n) is 2.36. The van der Waals surface area contributed by atoms with Gasteiger partial charge in [-0.2, -0.15) is 13.2 Å². The summed E-state index contributed by atoms with van der Waals surface area (Å²) in [6.07, 6.45) is -4.48. The Kier molecular flexibility index (Phi) is 5.62. The highest BCUT2D eigenvalue weighted by Gasteiger charge is 2.34. The molecule has 0 heterocycles. The van der Waals surface area contributed by atoms with Gasteiger partial charge in [0.2, 0.25) is 5.91 Å². The summed E-state index contributed by atoms with van der Waals surface area (Å²) in [7, 11) is 0. The van der Waals surface area contributed by atoms with Crippen LogP contribution in [0, 0.1) is 0 Å². The van der Waals surface area contributed by atoms with Gasteiger partial charge in [-0.1, -0.05) is 24.6 Å². The molecule has 0 fully saturated rings. The van der Waals surface area contributed by atoms with Crippen molar-refractivity contribution in [2.45, 2.75) is 19.5 Å². The molecule has 1 amide bonds. The molecule has 1 rings (SSSR count). The van der Waals surface area contributed by atoms with Crippen LogP contribution in [-0.4, -0.2) is 19.0 Å². The van der Waals surface area contributed by atoms with Crippen molar-refractivity contribution in [3.05, 3.63) is 28.8 Å². The number of hydrogen-bond donors (Lipinski definition) is 2. The molecular formula is C12H14ClF3N2O. The second-order valence-corrected chi connectivity index (χ2v) is 4.22. The lowest BCUT2D eigenvalue weighted by Gasteiger charge is -2.15. The van der Waals surface area contributed by atoms with Crippen molar-refractivity contribution < 1.29 is 18.0 Å². The van der Waals surface area contributed by atoms with Crippen molar-refractivity contribution in [3.8, 4) is 0 Å². The summed E-state index contributed by atoms with van der Waals surface area (Å²) in [5, 5.41) is 4.99. The van der Waals surface area contributed by atoms with Gasteiger partial charge in [0, 0.05) is 13.0 Å². The molecule has 0 saturated carbocycles. The number of hydrogen-bond acceptors (Lipinski definition) is 2. The van der Waals surface area contributed by atoms with Crippen LogP contribution in [0.4, 0.5) is 18.9 Å². The molecule has 1 aromatic carbocycles. The SMILES string of the molecule is CCNCCC(=O)Nc1c(Cl)cccc1C(F)(F)F. The Morgan fingerprint density at radius 2 is 2.05 bits per heavy atom. The van der Waals surface area contributed by atoms with E-state index in [2.05, 4.69) is 10.6 Å². The van der Waals surface area contributed by atoms with Crippen molar-refractivity contribution >= 4 is 23.2 Å². The number of halogens is 4. The Balaban J connectivity index is 2.85. The lowest BCUT2D eigenvalue weighted by molar-refractivity contribution is -0.137. The molecule has 0 unspecified atom stereocenters. The van der Waals surface area contributed by atoms with E-state index in [9.17, 15) is 18.0 Å². The predicted octanol–water partition coefficient (Wildman–Crippen LogP) is 3.30. The van der Waals surface area contributed by atoms with Gasteiger partial charge in [-0.05, 0) is 18.7 Å². The summed E-state index contributed by atoms with van der Waals surface area (Å²) in [4.78, 5) is 11.5. The molecule has 0 radical (unpaired) electrons. The van der Waals surface area contributed by atoms with E-state index in [-0.39, 0.29) is 11.4 Å². The smallest absolute Gasteiger partial charge is 0.324 e. The van der Waals surface area contributed by atoms with Crippen molar-refractivity contribution in [1.29, 1.82) is 0 Å². The van der Waals surface area contributed by atoms with E-state index < -0.39 is 23.3 Å². The molecule has 0 atom stereocenters. The molecule has 19 heavy (non-hydrogen) atoms. The molecule has 0 bridgehead atoms. The van der Waals surface area contributed by atoms with Gasteiger partial charge in [0.05, 0.1) is 16.3 Å². The van der Waals surface area contributed by atoms with Crippen molar-refractivity contribution in [2.75, 3.05) is 18.4 Å². The molecule has 3 nitrogen and oxygen atoms in total. The van der Waals surface area contributed by atoms with Gasteiger partial charge in [0.1, 0.15) is 0 Å². The fourth-order valence-electron chi connectivity index (χ4n) is 1.47. The maximum Gasteiger partial charge on any atom is 0.418 e. The summed E-state index contributed by atoms with van der Waals surface area (Å²) in [6, 6.07) is 3.38. The fraction of sp³-hybridized carbons (Fsp3) is 0.417. The maximum absolute atomic E-state index is 12.8. The highest BCUT2D eigenvalue weighted by molar-refractivity contribution is 6.34. The molecule has 0 aliphatic rings. The summed E-state index contributed by atoms with van der Waals surface area (Å²) in [5.41, 5.74) is -1.34. The highest BCUT2D eigenvalue weighted by atomic mass is 35.5. The van der Waals surface area contributed by atoms with Gasteiger partial charge in [0.15, 0.2) is 0 Å². The first-order valence-corrected chi connectivity index (χ1v) is 6.10. The lowest BCUT2D eigenvalue weighted by atomic mass is 10.1.